The van der Waals surface area contributed by atoms with Gasteiger partial charge in [-0.15, -0.1) is 0 Å². The lowest BCUT2D eigenvalue weighted by Gasteiger charge is -2.11. The number of esters is 1. The van der Waals surface area contributed by atoms with E-state index in [0.717, 1.165) is 5.56 Å². The number of ether oxygens (including phenoxy) is 1. The van der Waals surface area contributed by atoms with E-state index in [2.05, 4.69) is 4.74 Å². The number of aryl methyl sites for hydroxylation is 1. The Balaban J connectivity index is 2.74. The summed E-state index contributed by atoms with van der Waals surface area (Å²) in [7, 11) is 0. The fraction of sp³-hybridized carbons (Fsp3) is 0.357. The number of carbonyl (C=O) groups is 1. The smallest absolute Gasteiger partial charge is 0.412 e. The van der Waals surface area contributed by atoms with Gasteiger partial charge in [0.05, 0.1) is 6.61 Å². The first kappa shape index (κ1) is 15.3. The highest BCUT2D eigenvalue weighted by molar-refractivity contribution is 5.83. The lowest BCUT2D eigenvalue weighted by atomic mass is 10.0. The van der Waals surface area contributed by atoms with Crippen molar-refractivity contribution < 1.29 is 22.7 Å². The molecule has 0 aliphatic rings. The minimum atomic E-state index is -4.51. The predicted octanol–water partition coefficient (Wildman–Crippen LogP) is 3.67. The van der Waals surface area contributed by atoms with Crippen LogP contribution in [0.15, 0.2) is 42.0 Å². The molecule has 0 fully saturated rings. The molecule has 2 nitrogen and oxygen atoms in total. The van der Waals surface area contributed by atoms with Gasteiger partial charge in [0.25, 0.3) is 0 Å². The Morgan fingerprint density at radius 2 is 1.89 bits per heavy atom. The van der Waals surface area contributed by atoms with Crippen molar-refractivity contribution in [2.45, 2.75) is 25.9 Å². The molecule has 1 rings (SSSR count). The molecule has 0 N–H and O–H groups in total. The van der Waals surface area contributed by atoms with Gasteiger partial charge in [-0.1, -0.05) is 30.3 Å². The molecule has 0 amide bonds. The summed E-state index contributed by atoms with van der Waals surface area (Å²) in [5, 5.41) is 0. The summed E-state index contributed by atoms with van der Waals surface area (Å²) in [6.07, 6.45) is -3.99. The molecule has 0 saturated carbocycles. The zero-order chi connectivity index (χ0) is 14.3. The zero-order valence-corrected chi connectivity index (χ0v) is 10.5. The lowest BCUT2D eigenvalue weighted by molar-refractivity contribution is -0.138. The van der Waals surface area contributed by atoms with Gasteiger partial charge in [0.1, 0.15) is 0 Å². The molecular weight excluding hydrogens is 257 g/mol. The van der Waals surface area contributed by atoms with E-state index in [0.29, 0.717) is 6.08 Å². The van der Waals surface area contributed by atoms with Crippen LogP contribution in [0.1, 0.15) is 18.9 Å². The van der Waals surface area contributed by atoms with E-state index >= 15 is 0 Å². The summed E-state index contributed by atoms with van der Waals surface area (Å²) in [4.78, 5) is 11.1. The van der Waals surface area contributed by atoms with E-state index in [1.54, 1.807) is 37.3 Å². The maximum Gasteiger partial charge on any atom is 0.412 e. The number of carbonyl (C=O) groups excluding carboxylic acids is 1. The highest BCUT2D eigenvalue weighted by atomic mass is 19.4. The van der Waals surface area contributed by atoms with Crippen LogP contribution in [0, 0.1) is 0 Å². The lowest BCUT2D eigenvalue weighted by Crippen LogP contribution is -2.15. The molecule has 1 aromatic rings. The minimum Gasteiger partial charge on any atom is -0.463 e. The fourth-order valence-electron chi connectivity index (χ4n) is 1.55. The Bertz CT molecular complexity index is 436. The van der Waals surface area contributed by atoms with Crippen molar-refractivity contribution in [3.8, 4) is 0 Å². The number of allylic oxidation sites excluding steroid dienone is 1. The van der Waals surface area contributed by atoms with E-state index in [-0.39, 0.29) is 19.4 Å². The average Bonchev–Trinajstić information content (AvgIpc) is 2.34. The number of halogens is 3. The third-order valence-corrected chi connectivity index (χ3v) is 2.47. The topological polar surface area (TPSA) is 26.3 Å². The summed E-state index contributed by atoms with van der Waals surface area (Å²) in [6.45, 7) is 1.60. The van der Waals surface area contributed by atoms with Crippen LogP contribution in [-0.4, -0.2) is 18.8 Å². The van der Waals surface area contributed by atoms with Gasteiger partial charge in [-0.25, -0.2) is 4.79 Å². The van der Waals surface area contributed by atoms with E-state index in [4.69, 9.17) is 0 Å². The molecule has 0 radical (unpaired) electrons. The van der Waals surface area contributed by atoms with E-state index in [1.165, 1.54) is 0 Å². The second kappa shape index (κ2) is 6.97. The number of hydrogen-bond acceptors (Lipinski definition) is 2. The Morgan fingerprint density at radius 1 is 1.26 bits per heavy atom. The highest BCUT2D eigenvalue weighted by Crippen LogP contribution is 2.29. The van der Waals surface area contributed by atoms with Crippen LogP contribution >= 0.6 is 0 Å². The average molecular weight is 272 g/mol. The van der Waals surface area contributed by atoms with Crippen LogP contribution in [0.4, 0.5) is 13.2 Å². The van der Waals surface area contributed by atoms with Crippen molar-refractivity contribution in [1.29, 1.82) is 0 Å². The van der Waals surface area contributed by atoms with Gasteiger partial charge >= 0.3 is 12.1 Å². The monoisotopic (exact) mass is 272 g/mol. The van der Waals surface area contributed by atoms with Crippen LogP contribution in [0.3, 0.4) is 0 Å². The molecule has 1 aromatic carbocycles. The van der Waals surface area contributed by atoms with Crippen molar-refractivity contribution in [1.82, 2.24) is 0 Å². The van der Waals surface area contributed by atoms with Crippen LogP contribution in [0.25, 0.3) is 0 Å². The molecule has 0 saturated heterocycles. The molecule has 0 aliphatic heterocycles. The maximum absolute atomic E-state index is 12.7. The Morgan fingerprint density at radius 3 is 2.42 bits per heavy atom. The molecule has 0 spiro atoms. The van der Waals surface area contributed by atoms with Crippen molar-refractivity contribution in [2.75, 3.05) is 6.61 Å². The van der Waals surface area contributed by atoms with Crippen LogP contribution < -0.4 is 0 Å². The second-order valence-electron chi connectivity index (χ2n) is 3.90. The number of alkyl halides is 3. The largest absolute Gasteiger partial charge is 0.463 e. The van der Waals surface area contributed by atoms with Crippen molar-refractivity contribution >= 4 is 5.97 Å². The van der Waals surface area contributed by atoms with Gasteiger partial charge in [-0.2, -0.15) is 13.2 Å². The van der Waals surface area contributed by atoms with Gasteiger partial charge in [0.2, 0.25) is 0 Å². The van der Waals surface area contributed by atoms with Gasteiger partial charge < -0.3 is 4.74 Å². The van der Waals surface area contributed by atoms with Crippen molar-refractivity contribution in [3.63, 3.8) is 0 Å². The van der Waals surface area contributed by atoms with Crippen LogP contribution in [0.2, 0.25) is 0 Å². The summed E-state index contributed by atoms with van der Waals surface area (Å²) < 4.78 is 42.7. The van der Waals surface area contributed by atoms with Gasteiger partial charge in [0.15, 0.2) is 0 Å². The molecular formula is C14H15F3O2. The standard InChI is InChI=1S/C14H15F3O2/c1-2-19-13(18)10-12(14(15,16)17)9-8-11-6-4-3-5-7-11/h3-7,10H,2,8-9H2,1H3/b12-10-. The number of rotatable bonds is 5. The zero-order valence-electron chi connectivity index (χ0n) is 10.5. The number of benzene rings is 1. The summed E-state index contributed by atoms with van der Waals surface area (Å²) >= 11 is 0. The molecule has 0 bridgehead atoms. The maximum atomic E-state index is 12.7. The molecule has 0 heterocycles. The van der Waals surface area contributed by atoms with Gasteiger partial charge in [0, 0.05) is 11.6 Å². The van der Waals surface area contributed by atoms with E-state index < -0.39 is 17.7 Å². The summed E-state index contributed by atoms with van der Waals surface area (Å²) in [5.41, 5.74) is -0.0729. The first-order chi connectivity index (χ1) is 8.93. The first-order valence-electron chi connectivity index (χ1n) is 5.92. The summed E-state index contributed by atoms with van der Waals surface area (Å²) in [6, 6.07) is 8.81. The molecule has 19 heavy (non-hydrogen) atoms. The quantitative estimate of drug-likeness (QED) is 0.604. The van der Waals surface area contributed by atoms with Crippen molar-refractivity contribution in [2.24, 2.45) is 0 Å². The fourth-order valence-corrected chi connectivity index (χ4v) is 1.55. The Kier molecular flexibility index (Phi) is 5.60. The van der Waals surface area contributed by atoms with E-state index in [9.17, 15) is 18.0 Å². The molecule has 5 heteroatoms. The molecule has 0 atom stereocenters. The molecule has 104 valence electrons. The van der Waals surface area contributed by atoms with Crippen LogP contribution in [0.5, 0.6) is 0 Å². The minimum absolute atomic E-state index is 0.0547. The molecule has 0 aliphatic carbocycles. The first-order valence-corrected chi connectivity index (χ1v) is 5.92. The Labute approximate surface area is 109 Å². The summed E-state index contributed by atoms with van der Waals surface area (Å²) in [5.74, 6) is -0.956. The number of hydrogen-bond donors (Lipinski definition) is 0. The van der Waals surface area contributed by atoms with Crippen molar-refractivity contribution in [3.05, 3.63) is 47.5 Å². The van der Waals surface area contributed by atoms with Crippen LogP contribution in [-0.2, 0) is 16.0 Å². The third kappa shape index (κ3) is 5.59. The highest BCUT2D eigenvalue weighted by Gasteiger charge is 2.33. The SMILES string of the molecule is CCOC(=O)/C=C(/CCc1ccccc1)C(F)(F)F. The predicted molar refractivity (Wildman–Crippen MR) is 65.5 cm³/mol. The van der Waals surface area contributed by atoms with E-state index in [1.807, 2.05) is 0 Å². The second-order valence-corrected chi connectivity index (χ2v) is 3.90. The molecule has 0 unspecified atom stereocenters. The van der Waals surface area contributed by atoms with Gasteiger partial charge in [-0.3, -0.25) is 0 Å². The molecule has 0 aromatic heterocycles. The third-order valence-electron chi connectivity index (χ3n) is 2.47. The Hall–Kier alpha value is -1.78. The van der Waals surface area contributed by atoms with Gasteiger partial charge in [-0.05, 0) is 25.3 Å². The normalized spacial score (nSPS) is 12.3.